The number of sulfonamides is 1. The summed E-state index contributed by atoms with van der Waals surface area (Å²) in [5.74, 6) is 0. The molecular weight excluding hydrogens is 296 g/mol. The normalized spacial score (nSPS) is 11.4. The van der Waals surface area contributed by atoms with Crippen molar-refractivity contribution in [3.63, 3.8) is 0 Å². The van der Waals surface area contributed by atoms with Crippen molar-refractivity contribution in [3.05, 3.63) is 34.3 Å². The Balaban J connectivity index is 2.22. The lowest BCUT2D eigenvalue weighted by atomic mass is 10.3. The number of hydrogen-bond donors (Lipinski definition) is 2. The number of nitrogens with zero attached hydrogens (tertiary/aromatic N) is 2. The van der Waals surface area contributed by atoms with E-state index in [1.165, 1.54) is 29.7 Å². The fourth-order valence-electron chi connectivity index (χ4n) is 1.26. The first kappa shape index (κ1) is 13.2. The Bertz CT molecular complexity index is 643. The van der Waals surface area contributed by atoms with Gasteiger partial charge in [0.05, 0.1) is 27.8 Å². The van der Waals surface area contributed by atoms with Gasteiger partial charge in [-0.2, -0.15) is 0 Å². The second-order valence-electron chi connectivity index (χ2n) is 3.44. The number of aromatic nitrogens is 2. The van der Waals surface area contributed by atoms with E-state index in [0.717, 1.165) is 5.69 Å². The van der Waals surface area contributed by atoms with E-state index in [-0.39, 0.29) is 4.90 Å². The number of nitrogens with two attached hydrogens (primary N) is 1. The molecule has 0 aliphatic heterocycles. The molecule has 0 aliphatic rings. The minimum atomic E-state index is -3.74. The summed E-state index contributed by atoms with van der Waals surface area (Å²) in [5, 5.41) is 14.1. The Morgan fingerprint density at radius 3 is 2.83 bits per heavy atom. The van der Waals surface area contributed by atoms with Crippen LogP contribution in [-0.4, -0.2) is 18.0 Å². The van der Waals surface area contributed by atoms with Crippen LogP contribution in [0.25, 0.3) is 0 Å². The van der Waals surface area contributed by atoms with Gasteiger partial charge in [-0.15, -0.1) is 5.10 Å². The summed E-state index contributed by atoms with van der Waals surface area (Å²) in [6.07, 6.45) is 0. The Hall–Kier alpha value is -1.22. The zero-order valence-corrected chi connectivity index (χ0v) is 11.4. The van der Waals surface area contributed by atoms with E-state index in [9.17, 15) is 8.42 Å². The number of hydrogen-bond acceptors (Lipinski definition) is 6. The number of nitrogens with one attached hydrogen (secondary N) is 1. The molecule has 0 spiro atoms. The second-order valence-corrected chi connectivity index (χ2v) is 6.01. The molecule has 0 aliphatic carbocycles. The SMILES string of the molecule is NS(=O)(=O)c1ccc(Cl)c(NCc2csnn2)c1. The van der Waals surface area contributed by atoms with Crippen LogP contribution in [0.3, 0.4) is 0 Å². The van der Waals surface area contributed by atoms with Crippen LogP contribution in [0, 0.1) is 0 Å². The molecule has 0 saturated carbocycles. The van der Waals surface area contributed by atoms with Crippen molar-refractivity contribution in [2.75, 3.05) is 5.32 Å². The predicted octanol–water partition coefficient (Wildman–Crippen LogP) is 1.45. The topological polar surface area (TPSA) is 98.0 Å². The maximum Gasteiger partial charge on any atom is 0.238 e. The Morgan fingerprint density at radius 2 is 2.22 bits per heavy atom. The van der Waals surface area contributed by atoms with Crippen LogP contribution in [0.15, 0.2) is 28.5 Å². The number of halogens is 1. The van der Waals surface area contributed by atoms with Gasteiger partial charge in [0.1, 0.15) is 0 Å². The van der Waals surface area contributed by atoms with Crippen LogP contribution in [-0.2, 0) is 16.6 Å². The van der Waals surface area contributed by atoms with Gasteiger partial charge in [0.25, 0.3) is 0 Å². The third-order valence-electron chi connectivity index (χ3n) is 2.13. The largest absolute Gasteiger partial charge is 0.378 e. The molecule has 0 fully saturated rings. The van der Waals surface area contributed by atoms with E-state index >= 15 is 0 Å². The average molecular weight is 305 g/mol. The first-order valence-electron chi connectivity index (χ1n) is 4.79. The van der Waals surface area contributed by atoms with E-state index in [4.69, 9.17) is 16.7 Å². The van der Waals surface area contributed by atoms with E-state index in [0.29, 0.717) is 17.3 Å². The Labute approximate surface area is 113 Å². The van der Waals surface area contributed by atoms with Gasteiger partial charge >= 0.3 is 0 Å². The molecule has 1 aromatic carbocycles. The Morgan fingerprint density at radius 1 is 1.44 bits per heavy atom. The molecule has 18 heavy (non-hydrogen) atoms. The molecule has 0 unspecified atom stereocenters. The van der Waals surface area contributed by atoms with E-state index in [1.807, 2.05) is 0 Å². The van der Waals surface area contributed by atoms with E-state index in [1.54, 1.807) is 5.38 Å². The van der Waals surface area contributed by atoms with Crippen molar-refractivity contribution in [2.45, 2.75) is 11.4 Å². The average Bonchev–Trinajstić information content (AvgIpc) is 2.79. The molecule has 96 valence electrons. The Kier molecular flexibility index (Phi) is 3.81. The molecule has 0 amide bonds. The van der Waals surface area contributed by atoms with Crippen molar-refractivity contribution in [3.8, 4) is 0 Å². The summed E-state index contributed by atoms with van der Waals surface area (Å²) in [7, 11) is -3.74. The van der Waals surface area contributed by atoms with E-state index in [2.05, 4.69) is 14.9 Å². The fraction of sp³-hybridized carbons (Fsp3) is 0.111. The first-order valence-corrected chi connectivity index (χ1v) is 7.55. The van der Waals surface area contributed by atoms with Gasteiger partial charge in [-0.3, -0.25) is 0 Å². The second kappa shape index (κ2) is 5.19. The van der Waals surface area contributed by atoms with Gasteiger partial charge in [0, 0.05) is 5.38 Å². The number of primary sulfonamides is 1. The molecule has 0 radical (unpaired) electrons. The zero-order chi connectivity index (χ0) is 13.2. The highest BCUT2D eigenvalue weighted by Gasteiger charge is 2.10. The quantitative estimate of drug-likeness (QED) is 0.891. The highest BCUT2D eigenvalue weighted by Crippen LogP contribution is 2.25. The molecule has 6 nitrogen and oxygen atoms in total. The predicted molar refractivity (Wildman–Crippen MR) is 70.1 cm³/mol. The maximum absolute atomic E-state index is 11.2. The van der Waals surface area contributed by atoms with Crippen molar-refractivity contribution < 1.29 is 8.42 Å². The summed E-state index contributed by atoms with van der Waals surface area (Å²) >= 11 is 7.19. The number of rotatable bonds is 4. The van der Waals surface area contributed by atoms with Crippen molar-refractivity contribution >= 4 is 38.8 Å². The van der Waals surface area contributed by atoms with Gasteiger partial charge in [-0.05, 0) is 29.7 Å². The molecule has 2 aromatic rings. The maximum atomic E-state index is 11.2. The lowest BCUT2D eigenvalue weighted by molar-refractivity contribution is 0.598. The first-order chi connectivity index (χ1) is 8.47. The zero-order valence-electron chi connectivity index (χ0n) is 9.00. The van der Waals surface area contributed by atoms with E-state index < -0.39 is 10.0 Å². The number of benzene rings is 1. The van der Waals surface area contributed by atoms with Crippen LogP contribution >= 0.6 is 23.1 Å². The van der Waals surface area contributed by atoms with Gasteiger partial charge in [0.15, 0.2) is 0 Å². The van der Waals surface area contributed by atoms with Crippen molar-refractivity contribution in [2.24, 2.45) is 5.14 Å². The smallest absolute Gasteiger partial charge is 0.238 e. The minimum absolute atomic E-state index is 0.00537. The van der Waals surface area contributed by atoms with Crippen molar-refractivity contribution in [1.29, 1.82) is 0 Å². The molecular formula is C9H9ClN4O2S2. The molecule has 1 aromatic heterocycles. The molecule has 0 saturated heterocycles. The highest BCUT2D eigenvalue weighted by molar-refractivity contribution is 7.89. The third kappa shape index (κ3) is 3.16. The highest BCUT2D eigenvalue weighted by atomic mass is 35.5. The molecule has 2 rings (SSSR count). The van der Waals surface area contributed by atoms with Crippen LogP contribution < -0.4 is 10.5 Å². The summed E-state index contributed by atoms with van der Waals surface area (Å²) in [4.78, 5) is 0.00537. The van der Waals surface area contributed by atoms with Crippen LogP contribution in [0.1, 0.15) is 5.69 Å². The standard InChI is InChI=1S/C9H9ClN4O2S2/c10-8-2-1-7(18(11,15)16)3-9(8)12-4-6-5-17-14-13-6/h1-3,5,12H,4H2,(H2,11,15,16). The van der Waals surface area contributed by atoms with Gasteiger partial charge in [-0.1, -0.05) is 16.1 Å². The minimum Gasteiger partial charge on any atom is -0.378 e. The van der Waals surface area contributed by atoms with Crippen LogP contribution in [0.5, 0.6) is 0 Å². The third-order valence-corrected chi connectivity index (χ3v) is 3.93. The molecule has 0 atom stereocenters. The van der Waals surface area contributed by atoms with Crippen molar-refractivity contribution in [1.82, 2.24) is 9.59 Å². The molecule has 0 bridgehead atoms. The lowest BCUT2D eigenvalue weighted by Crippen LogP contribution is -2.12. The monoisotopic (exact) mass is 304 g/mol. The number of anilines is 1. The molecule has 1 heterocycles. The summed E-state index contributed by atoms with van der Waals surface area (Å²) in [6.45, 7) is 0.407. The summed E-state index contributed by atoms with van der Waals surface area (Å²) in [5.41, 5.74) is 1.23. The van der Waals surface area contributed by atoms with Gasteiger partial charge in [-0.25, -0.2) is 13.6 Å². The van der Waals surface area contributed by atoms with Crippen LogP contribution in [0.4, 0.5) is 5.69 Å². The lowest BCUT2D eigenvalue weighted by Gasteiger charge is -2.08. The molecule has 3 N–H and O–H groups in total. The van der Waals surface area contributed by atoms with Gasteiger partial charge in [0.2, 0.25) is 10.0 Å². The summed E-state index contributed by atoms with van der Waals surface area (Å²) < 4.78 is 26.1. The van der Waals surface area contributed by atoms with Crippen LogP contribution in [0.2, 0.25) is 5.02 Å². The molecule has 9 heteroatoms. The van der Waals surface area contributed by atoms with Gasteiger partial charge < -0.3 is 5.32 Å². The fourth-order valence-corrected chi connectivity index (χ4v) is 2.44. The summed E-state index contributed by atoms with van der Waals surface area (Å²) in [6, 6.07) is 4.22.